The van der Waals surface area contributed by atoms with Gasteiger partial charge in [-0.2, -0.15) is 0 Å². The Morgan fingerprint density at radius 2 is 2.07 bits per heavy atom. The van der Waals surface area contributed by atoms with E-state index in [2.05, 4.69) is 10.2 Å². The second-order valence-corrected chi connectivity index (χ2v) is 2.79. The molecule has 0 spiro atoms. The third-order valence-electron chi connectivity index (χ3n) is 1.92. The monoisotopic (exact) mass is 194 g/mol. The molecule has 0 fully saturated rings. The van der Waals surface area contributed by atoms with E-state index in [9.17, 15) is 14.9 Å². The predicted octanol–water partition coefficient (Wildman–Crippen LogP) is 0.347. The summed E-state index contributed by atoms with van der Waals surface area (Å²) in [5.41, 5.74) is 5.24. The van der Waals surface area contributed by atoms with Gasteiger partial charge in [0.15, 0.2) is 0 Å². The van der Waals surface area contributed by atoms with Crippen molar-refractivity contribution in [3.63, 3.8) is 0 Å². The summed E-state index contributed by atoms with van der Waals surface area (Å²) in [6.07, 6.45) is 0. The predicted molar refractivity (Wildman–Crippen MR) is 50.0 cm³/mol. The molecule has 2 aromatic rings. The zero-order valence-electron chi connectivity index (χ0n) is 6.90. The summed E-state index contributed by atoms with van der Waals surface area (Å²) < 4.78 is 0. The molecule has 0 saturated carbocycles. The number of nitro groups is 1. The Hall–Kier alpha value is -2.31. The second-order valence-electron chi connectivity index (χ2n) is 2.79. The topological polar surface area (TPSA) is 118 Å². The van der Waals surface area contributed by atoms with Gasteiger partial charge in [-0.3, -0.25) is 25.1 Å². The number of nitrogens with one attached hydrogen (secondary N) is 2. The van der Waals surface area contributed by atoms with Crippen molar-refractivity contribution in [2.24, 2.45) is 0 Å². The summed E-state index contributed by atoms with van der Waals surface area (Å²) in [4.78, 5) is 21.0. The Kier molecular flexibility index (Phi) is 1.53. The van der Waals surface area contributed by atoms with Crippen LogP contribution in [0.1, 0.15) is 0 Å². The van der Waals surface area contributed by atoms with E-state index in [-0.39, 0.29) is 16.8 Å². The fourth-order valence-corrected chi connectivity index (χ4v) is 1.25. The molecule has 0 bridgehead atoms. The summed E-state index contributed by atoms with van der Waals surface area (Å²) in [7, 11) is 0. The van der Waals surface area contributed by atoms with Crippen LogP contribution in [0.25, 0.3) is 10.9 Å². The molecule has 1 aromatic carbocycles. The SMILES string of the molecule is Nc1cc2[nH][nH]c(=O)c2cc1[N+](=O)[O-]. The molecule has 0 atom stereocenters. The first kappa shape index (κ1) is 8.30. The number of nitrogens with zero attached hydrogens (tertiary/aromatic N) is 1. The van der Waals surface area contributed by atoms with Crippen LogP contribution in [0.2, 0.25) is 0 Å². The molecule has 1 aromatic heterocycles. The van der Waals surface area contributed by atoms with Crippen molar-refractivity contribution in [2.75, 3.05) is 5.73 Å². The standard InChI is InChI=1S/C7H6N4O3/c8-4-2-5-3(7(12)10-9-5)1-6(4)11(13)14/h1-2H,8H2,(H2,9,10,12). The van der Waals surface area contributed by atoms with Crippen LogP contribution in [0.15, 0.2) is 16.9 Å². The van der Waals surface area contributed by atoms with Gasteiger partial charge in [0.25, 0.3) is 11.2 Å². The smallest absolute Gasteiger partial charge is 0.293 e. The number of H-pyrrole nitrogens is 2. The number of aromatic amines is 2. The first-order valence-electron chi connectivity index (χ1n) is 3.74. The molecule has 2 rings (SSSR count). The van der Waals surface area contributed by atoms with Crippen molar-refractivity contribution in [1.82, 2.24) is 10.2 Å². The first-order valence-corrected chi connectivity index (χ1v) is 3.74. The van der Waals surface area contributed by atoms with E-state index in [4.69, 9.17) is 5.73 Å². The van der Waals surface area contributed by atoms with Gasteiger partial charge in [0, 0.05) is 6.07 Å². The van der Waals surface area contributed by atoms with Crippen LogP contribution in [0.4, 0.5) is 11.4 Å². The number of nitro benzene ring substituents is 1. The molecule has 0 aliphatic carbocycles. The Bertz CT molecular complexity index is 568. The Morgan fingerprint density at radius 3 is 2.71 bits per heavy atom. The van der Waals surface area contributed by atoms with Gasteiger partial charge in [-0.05, 0) is 6.07 Å². The number of rotatable bonds is 1. The lowest BCUT2D eigenvalue weighted by Crippen LogP contribution is -2.00. The van der Waals surface area contributed by atoms with E-state index in [1.54, 1.807) is 0 Å². The lowest BCUT2D eigenvalue weighted by Gasteiger charge is -1.95. The summed E-state index contributed by atoms with van der Waals surface area (Å²) in [5.74, 6) is 0. The van der Waals surface area contributed by atoms with Crippen LogP contribution in [-0.4, -0.2) is 15.1 Å². The fourth-order valence-electron chi connectivity index (χ4n) is 1.25. The number of hydrogen-bond donors (Lipinski definition) is 3. The minimum atomic E-state index is -0.624. The van der Waals surface area contributed by atoms with Crippen LogP contribution in [0.3, 0.4) is 0 Å². The molecule has 1 heterocycles. The van der Waals surface area contributed by atoms with E-state index in [0.717, 1.165) is 6.07 Å². The fraction of sp³-hybridized carbons (Fsp3) is 0. The third kappa shape index (κ3) is 1.03. The van der Waals surface area contributed by atoms with E-state index in [0.29, 0.717) is 5.52 Å². The summed E-state index contributed by atoms with van der Waals surface area (Å²) in [6.45, 7) is 0. The van der Waals surface area contributed by atoms with E-state index < -0.39 is 10.5 Å². The van der Waals surface area contributed by atoms with Crippen molar-refractivity contribution in [3.05, 3.63) is 32.6 Å². The maximum Gasteiger partial charge on any atom is 0.293 e. The molecule has 7 nitrogen and oxygen atoms in total. The normalized spacial score (nSPS) is 10.6. The van der Waals surface area contributed by atoms with Crippen molar-refractivity contribution >= 4 is 22.3 Å². The zero-order chi connectivity index (χ0) is 10.3. The van der Waals surface area contributed by atoms with Crippen molar-refractivity contribution in [1.29, 1.82) is 0 Å². The largest absolute Gasteiger partial charge is 0.393 e. The first-order chi connectivity index (χ1) is 6.59. The van der Waals surface area contributed by atoms with Crippen molar-refractivity contribution < 1.29 is 4.92 Å². The highest BCUT2D eigenvalue weighted by Gasteiger charge is 2.14. The average Bonchev–Trinajstić information content (AvgIpc) is 2.46. The number of anilines is 1. The van der Waals surface area contributed by atoms with Gasteiger partial charge in [-0.15, -0.1) is 0 Å². The molecule has 4 N–H and O–H groups in total. The van der Waals surface area contributed by atoms with Crippen LogP contribution < -0.4 is 11.3 Å². The number of benzene rings is 1. The molecule has 72 valence electrons. The molecule has 0 radical (unpaired) electrons. The quantitative estimate of drug-likeness (QED) is 0.344. The van der Waals surface area contributed by atoms with E-state index >= 15 is 0 Å². The Morgan fingerprint density at radius 1 is 1.36 bits per heavy atom. The molecule has 0 aliphatic rings. The molecular formula is C7H6N4O3. The van der Waals surface area contributed by atoms with Gasteiger partial charge in [-0.25, -0.2) is 0 Å². The molecule has 0 amide bonds. The second kappa shape index (κ2) is 2.59. The van der Waals surface area contributed by atoms with Gasteiger partial charge in [0.05, 0.1) is 15.8 Å². The number of nitrogen functional groups attached to an aromatic ring is 1. The summed E-state index contributed by atoms with van der Waals surface area (Å²) in [6, 6.07) is 2.51. The number of nitrogens with two attached hydrogens (primary N) is 1. The van der Waals surface area contributed by atoms with Gasteiger partial charge < -0.3 is 5.73 Å². The molecule has 0 aliphatic heterocycles. The van der Waals surface area contributed by atoms with Crippen LogP contribution >= 0.6 is 0 Å². The van der Waals surface area contributed by atoms with E-state index in [1.807, 2.05) is 0 Å². The summed E-state index contributed by atoms with van der Waals surface area (Å²) in [5, 5.41) is 15.6. The lowest BCUT2D eigenvalue weighted by molar-refractivity contribution is -0.383. The highest BCUT2D eigenvalue weighted by atomic mass is 16.6. The highest BCUT2D eigenvalue weighted by Crippen LogP contribution is 2.24. The Balaban J connectivity index is 2.87. The maximum atomic E-state index is 11.1. The molecule has 0 unspecified atom stereocenters. The van der Waals surface area contributed by atoms with Gasteiger partial charge in [-0.1, -0.05) is 0 Å². The van der Waals surface area contributed by atoms with Gasteiger partial charge >= 0.3 is 0 Å². The van der Waals surface area contributed by atoms with E-state index in [1.165, 1.54) is 6.07 Å². The number of hydrogen-bond acceptors (Lipinski definition) is 4. The molecule has 7 heteroatoms. The average molecular weight is 194 g/mol. The minimum absolute atomic E-state index is 0.0257. The lowest BCUT2D eigenvalue weighted by atomic mass is 10.2. The maximum absolute atomic E-state index is 11.1. The highest BCUT2D eigenvalue weighted by molar-refractivity contribution is 5.85. The third-order valence-corrected chi connectivity index (χ3v) is 1.92. The number of fused-ring (bicyclic) bond motifs is 1. The van der Waals surface area contributed by atoms with Crippen LogP contribution in [0.5, 0.6) is 0 Å². The van der Waals surface area contributed by atoms with Gasteiger partial charge in [0.2, 0.25) is 0 Å². The molecular weight excluding hydrogens is 188 g/mol. The van der Waals surface area contributed by atoms with Crippen molar-refractivity contribution in [2.45, 2.75) is 0 Å². The molecule has 14 heavy (non-hydrogen) atoms. The zero-order valence-corrected chi connectivity index (χ0v) is 6.90. The van der Waals surface area contributed by atoms with Crippen molar-refractivity contribution in [3.8, 4) is 0 Å². The number of aromatic nitrogens is 2. The van der Waals surface area contributed by atoms with Crippen LogP contribution in [0, 0.1) is 10.1 Å². The van der Waals surface area contributed by atoms with Crippen LogP contribution in [-0.2, 0) is 0 Å². The minimum Gasteiger partial charge on any atom is -0.393 e. The summed E-state index contributed by atoms with van der Waals surface area (Å²) >= 11 is 0. The Labute approximate surface area is 76.7 Å². The molecule has 0 saturated heterocycles. The van der Waals surface area contributed by atoms with Gasteiger partial charge in [0.1, 0.15) is 5.69 Å².